The molecule has 0 radical (unpaired) electrons. The minimum absolute atomic E-state index is 0.549. The molecule has 0 aliphatic carbocycles. The van der Waals surface area contributed by atoms with Crippen LogP contribution in [0.3, 0.4) is 0 Å². The van der Waals surface area contributed by atoms with Crippen LogP contribution < -0.4 is 0 Å². The lowest BCUT2D eigenvalue weighted by Gasteiger charge is -2.02. The molecular formula is C14H9ClN2O. The lowest BCUT2D eigenvalue weighted by atomic mass is 10.1. The number of rotatable bonds is 2. The van der Waals surface area contributed by atoms with E-state index in [-0.39, 0.29) is 0 Å². The van der Waals surface area contributed by atoms with Crippen molar-refractivity contribution in [3.63, 3.8) is 0 Å². The van der Waals surface area contributed by atoms with Crippen molar-refractivity contribution in [2.75, 3.05) is 0 Å². The molecule has 0 aliphatic heterocycles. The highest BCUT2D eigenvalue weighted by Crippen LogP contribution is 2.27. The molecule has 0 saturated heterocycles. The van der Waals surface area contributed by atoms with Crippen LogP contribution in [0.2, 0.25) is 5.02 Å². The summed E-state index contributed by atoms with van der Waals surface area (Å²) in [4.78, 5) is 18.2. The van der Waals surface area contributed by atoms with Gasteiger partial charge >= 0.3 is 0 Å². The highest BCUT2D eigenvalue weighted by atomic mass is 35.5. The first kappa shape index (κ1) is 11.0. The number of nitrogens with zero attached hydrogens (tertiary/aromatic N) is 1. The summed E-state index contributed by atoms with van der Waals surface area (Å²) in [5.74, 6) is 0. The Balaban J connectivity index is 2.25. The largest absolute Gasteiger partial charge is 0.351 e. The molecule has 18 heavy (non-hydrogen) atoms. The molecular weight excluding hydrogens is 248 g/mol. The van der Waals surface area contributed by atoms with Crippen molar-refractivity contribution in [1.82, 2.24) is 9.97 Å². The summed E-state index contributed by atoms with van der Waals surface area (Å²) in [6.07, 6.45) is 2.53. The van der Waals surface area contributed by atoms with E-state index in [1.807, 2.05) is 36.4 Å². The second kappa shape index (κ2) is 4.27. The van der Waals surface area contributed by atoms with Crippen LogP contribution in [0.1, 0.15) is 10.5 Å². The molecule has 2 aromatic heterocycles. The Kier molecular flexibility index (Phi) is 2.61. The number of nitrogens with one attached hydrogen (secondary N) is 1. The van der Waals surface area contributed by atoms with Gasteiger partial charge in [-0.3, -0.25) is 9.78 Å². The Hall–Kier alpha value is -2.13. The molecule has 1 N–H and O–H groups in total. The van der Waals surface area contributed by atoms with Gasteiger partial charge in [0.15, 0.2) is 6.29 Å². The predicted molar refractivity (Wildman–Crippen MR) is 71.9 cm³/mol. The minimum Gasteiger partial charge on any atom is -0.351 e. The molecule has 0 amide bonds. The SMILES string of the molecule is O=Cc1cc2ccnc(-c3ccc(Cl)cc3)c2[nH]1. The Morgan fingerprint density at radius 1 is 1.17 bits per heavy atom. The van der Waals surface area contributed by atoms with Gasteiger partial charge in [-0.05, 0) is 24.3 Å². The predicted octanol–water partition coefficient (Wildman–Crippen LogP) is 3.70. The molecule has 2 heterocycles. The number of aromatic amines is 1. The van der Waals surface area contributed by atoms with E-state index < -0.39 is 0 Å². The number of carbonyl (C=O) groups excluding carboxylic acids is 1. The Bertz CT molecular complexity index is 716. The number of fused-ring (bicyclic) bond motifs is 1. The molecule has 4 heteroatoms. The summed E-state index contributed by atoms with van der Waals surface area (Å²) in [5.41, 5.74) is 3.19. The average molecular weight is 257 g/mol. The van der Waals surface area contributed by atoms with Crippen molar-refractivity contribution in [1.29, 1.82) is 0 Å². The zero-order valence-electron chi connectivity index (χ0n) is 9.35. The lowest BCUT2D eigenvalue weighted by molar-refractivity contribution is 0.112. The summed E-state index contributed by atoms with van der Waals surface area (Å²) < 4.78 is 0. The van der Waals surface area contributed by atoms with Crippen molar-refractivity contribution in [3.8, 4) is 11.3 Å². The van der Waals surface area contributed by atoms with Crippen LogP contribution in [-0.2, 0) is 0 Å². The third-order valence-electron chi connectivity index (χ3n) is 2.81. The number of hydrogen-bond donors (Lipinski definition) is 1. The van der Waals surface area contributed by atoms with Gasteiger partial charge < -0.3 is 4.98 Å². The number of carbonyl (C=O) groups is 1. The quantitative estimate of drug-likeness (QED) is 0.711. The molecule has 0 saturated carbocycles. The van der Waals surface area contributed by atoms with Gasteiger partial charge in [0.25, 0.3) is 0 Å². The fourth-order valence-corrected chi connectivity index (χ4v) is 2.09. The number of pyridine rings is 1. The molecule has 0 fully saturated rings. The van der Waals surface area contributed by atoms with Gasteiger partial charge in [0, 0.05) is 22.2 Å². The third-order valence-corrected chi connectivity index (χ3v) is 3.06. The van der Waals surface area contributed by atoms with Crippen molar-refractivity contribution >= 4 is 28.8 Å². The number of aromatic nitrogens is 2. The molecule has 0 atom stereocenters. The Morgan fingerprint density at radius 3 is 2.67 bits per heavy atom. The second-order valence-electron chi connectivity index (χ2n) is 3.97. The standard InChI is InChI=1S/C14H9ClN2O/c15-11-3-1-9(2-4-11)13-14-10(5-6-16-13)7-12(8-18)17-14/h1-8,17H. The highest BCUT2D eigenvalue weighted by Gasteiger charge is 2.08. The number of halogens is 1. The van der Waals surface area contributed by atoms with Gasteiger partial charge in [-0.2, -0.15) is 0 Å². The lowest BCUT2D eigenvalue weighted by Crippen LogP contribution is -1.85. The van der Waals surface area contributed by atoms with E-state index in [4.69, 9.17) is 11.6 Å². The molecule has 1 aromatic carbocycles. The van der Waals surface area contributed by atoms with Crippen LogP contribution in [0.15, 0.2) is 42.6 Å². The molecule has 3 rings (SSSR count). The van der Waals surface area contributed by atoms with Crippen LogP contribution in [-0.4, -0.2) is 16.3 Å². The topological polar surface area (TPSA) is 45.8 Å². The van der Waals surface area contributed by atoms with Gasteiger partial charge in [-0.15, -0.1) is 0 Å². The van der Waals surface area contributed by atoms with Gasteiger partial charge in [0.05, 0.1) is 16.9 Å². The van der Waals surface area contributed by atoms with Crippen LogP contribution >= 0.6 is 11.6 Å². The van der Waals surface area contributed by atoms with Crippen molar-refractivity contribution in [2.45, 2.75) is 0 Å². The van der Waals surface area contributed by atoms with Crippen LogP contribution in [0.25, 0.3) is 22.2 Å². The summed E-state index contributed by atoms with van der Waals surface area (Å²) in [5, 5.41) is 1.66. The maximum absolute atomic E-state index is 10.8. The summed E-state index contributed by atoms with van der Waals surface area (Å²) in [6, 6.07) is 11.1. The first-order chi connectivity index (χ1) is 8.78. The van der Waals surface area contributed by atoms with E-state index in [0.717, 1.165) is 28.4 Å². The van der Waals surface area contributed by atoms with E-state index in [2.05, 4.69) is 9.97 Å². The smallest absolute Gasteiger partial charge is 0.166 e. The van der Waals surface area contributed by atoms with E-state index in [1.54, 1.807) is 6.20 Å². The Morgan fingerprint density at radius 2 is 1.94 bits per heavy atom. The number of hydrogen-bond acceptors (Lipinski definition) is 2. The number of aldehydes is 1. The minimum atomic E-state index is 0.549. The monoisotopic (exact) mass is 256 g/mol. The summed E-state index contributed by atoms with van der Waals surface area (Å²) in [6.45, 7) is 0. The van der Waals surface area contributed by atoms with Crippen LogP contribution in [0.4, 0.5) is 0 Å². The van der Waals surface area contributed by atoms with Gasteiger partial charge in [0.1, 0.15) is 0 Å². The van der Waals surface area contributed by atoms with Gasteiger partial charge in [-0.25, -0.2) is 0 Å². The molecule has 88 valence electrons. The fourth-order valence-electron chi connectivity index (χ4n) is 1.97. The van der Waals surface area contributed by atoms with Gasteiger partial charge in [0.2, 0.25) is 0 Å². The maximum Gasteiger partial charge on any atom is 0.166 e. The Labute approximate surface area is 108 Å². The molecule has 0 bridgehead atoms. The van der Waals surface area contributed by atoms with E-state index in [9.17, 15) is 4.79 Å². The zero-order chi connectivity index (χ0) is 12.5. The number of H-pyrrole nitrogens is 1. The van der Waals surface area contributed by atoms with Crippen LogP contribution in [0, 0.1) is 0 Å². The zero-order valence-corrected chi connectivity index (χ0v) is 10.1. The molecule has 0 unspecified atom stereocenters. The first-order valence-corrected chi connectivity index (χ1v) is 5.84. The first-order valence-electron chi connectivity index (χ1n) is 5.47. The van der Waals surface area contributed by atoms with E-state index in [0.29, 0.717) is 10.7 Å². The molecule has 3 nitrogen and oxygen atoms in total. The maximum atomic E-state index is 10.8. The number of benzene rings is 1. The summed E-state index contributed by atoms with van der Waals surface area (Å²) in [7, 11) is 0. The summed E-state index contributed by atoms with van der Waals surface area (Å²) >= 11 is 5.87. The fraction of sp³-hybridized carbons (Fsp3) is 0. The van der Waals surface area contributed by atoms with E-state index >= 15 is 0 Å². The van der Waals surface area contributed by atoms with Crippen molar-refractivity contribution < 1.29 is 4.79 Å². The van der Waals surface area contributed by atoms with Crippen LogP contribution in [0.5, 0.6) is 0 Å². The van der Waals surface area contributed by atoms with Crippen molar-refractivity contribution in [3.05, 3.63) is 53.3 Å². The molecule has 0 aliphatic rings. The van der Waals surface area contributed by atoms with Crippen molar-refractivity contribution in [2.24, 2.45) is 0 Å². The normalized spacial score (nSPS) is 10.7. The van der Waals surface area contributed by atoms with Gasteiger partial charge in [-0.1, -0.05) is 23.7 Å². The third kappa shape index (κ3) is 1.79. The average Bonchev–Trinajstić information content (AvgIpc) is 2.82. The molecule has 0 spiro atoms. The highest BCUT2D eigenvalue weighted by molar-refractivity contribution is 6.30. The van der Waals surface area contributed by atoms with E-state index in [1.165, 1.54) is 0 Å². The second-order valence-corrected chi connectivity index (χ2v) is 4.41. The molecule has 3 aromatic rings.